The molecule has 3 aromatic rings. The smallest absolute Gasteiger partial charge is 0.270 e. The van der Waals surface area contributed by atoms with Crippen molar-refractivity contribution in [1.82, 2.24) is 10.3 Å². The number of benzene rings is 2. The van der Waals surface area contributed by atoms with Gasteiger partial charge in [0.05, 0.1) is 30.4 Å². The quantitative estimate of drug-likeness (QED) is 0.358. The molecule has 8 nitrogen and oxygen atoms in total. The summed E-state index contributed by atoms with van der Waals surface area (Å²) in [5.41, 5.74) is 7.96. The molecule has 0 aliphatic carbocycles. The molecule has 0 radical (unpaired) electrons. The Morgan fingerprint density at radius 2 is 2.00 bits per heavy atom. The molecule has 0 atom stereocenters. The van der Waals surface area contributed by atoms with E-state index in [4.69, 9.17) is 11.1 Å². The van der Waals surface area contributed by atoms with Crippen molar-refractivity contribution >= 4 is 23.5 Å². The monoisotopic (exact) mass is 488 g/mol. The number of nitriles is 1. The number of nitrogen functional groups attached to an aromatic ring is 1. The normalized spacial score (nSPS) is 12.8. The molecular formula is C26H22F2N6O2. The lowest BCUT2D eigenvalue weighted by molar-refractivity contribution is -0.119. The van der Waals surface area contributed by atoms with Crippen LogP contribution in [0.3, 0.4) is 0 Å². The van der Waals surface area contributed by atoms with E-state index in [1.165, 1.54) is 36.1 Å². The number of nitrogens with one attached hydrogen (secondary N) is 2. The number of amidine groups is 1. The topological polar surface area (TPSA) is 136 Å². The second kappa shape index (κ2) is 9.19. The second-order valence-electron chi connectivity index (χ2n) is 8.51. The van der Waals surface area contributed by atoms with Gasteiger partial charge in [-0.3, -0.25) is 19.9 Å². The highest BCUT2D eigenvalue weighted by Crippen LogP contribution is 2.38. The fourth-order valence-electron chi connectivity index (χ4n) is 4.19. The maximum atomic E-state index is 14.2. The van der Waals surface area contributed by atoms with Gasteiger partial charge in [-0.2, -0.15) is 5.26 Å². The third-order valence-corrected chi connectivity index (χ3v) is 5.85. The van der Waals surface area contributed by atoms with E-state index >= 15 is 0 Å². The third kappa shape index (κ3) is 4.63. The molecule has 4 rings (SSSR count). The number of alkyl halides is 2. The third-order valence-electron chi connectivity index (χ3n) is 5.85. The van der Waals surface area contributed by atoms with Gasteiger partial charge in [0, 0.05) is 30.5 Å². The summed E-state index contributed by atoms with van der Waals surface area (Å²) in [7, 11) is 0. The number of carbonyl (C=O) groups excluding carboxylic acids is 2. The predicted molar refractivity (Wildman–Crippen MR) is 129 cm³/mol. The zero-order valence-corrected chi connectivity index (χ0v) is 19.5. The van der Waals surface area contributed by atoms with E-state index in [2.05, 4.69) is 10.3 Å². The molecule has 0 saturated carbocycles. The number of carbonyl (C=O) groups is 2. The molecule has 2 heterocycles. The van der Waals surface area contributed by atoms with Crippen molar-refractivity contribution in [3.8, 4) is 17.2 Å². The molecule has 2 aromatic carbocycles. The summed E-state index contributed by atoms with van der Waals surface area (Å²) in [5, 5.41) is 20.0. The number of hydrogen-bond donors (Lipinski definition) is 3. The molecule has 1 aliphatic heterocycles. The van der Waals surface area contributed by atoms with E-state index in [1.54, 1.807) is 24.3 Å². The molecule has 0 spiro atoms. The van der Waals surface area contributed by atoms with Crippen LogP contribution in [0.2, 0.25) is 0 Å². The number of anilines is 1. The maximum Gasteiger partial charge on any atom is 0.270 e. The van der Waals surface area contributed by atoms with E-state index < -0.39 is 11.8 Å². The van der Waals surface area contributed by atoms with E-state index in [0.29, 0.717) is 27.9 Å². The van der Waals surface area contributed by atoms with Crippen LogP contribution in [0, 0.1) is 16.7 Å². The average molecular weight is 488 g/mol. The van der Waals surface area contributed by atoms with Gasteiger partial charge in [-0.05, 0) is 53.1 Å². The van der Waals surface area contributed by atoms with Crippen molar-refractivity contribution in [2.24, 2.45) is 5.73 Å². The molecule has 1 aliphatic rings. The first kappa shape index (κ1) is 24.5. The molecule has 1 aromatic heterocycles. The van der Waals surface area contributed by atoms with Gasteiger partial charge in [0.2, 0.25) is 5.91 Å². The highest BCUT2D eigenvalue weighted by Gasteiger charge is 2.37. The number of halogens is 2. The Labute approximate surface area is 205 Å². The summed E-state index contributed by atoms with van der Waals surface area (Å²) in [5.74, 6) is -3.96. The minimum atomic E-state index is -3.14. The van der Waals surface area contributed by atoms with E-state index in [0.717, 1.165) is 6.92 Å². The van der Waals surface area contributed by atoms with E-state index in [-0.39, 0.29) is 47.3 Å². The van der Waals surface area contributed by atoms with Crippen molar-refractivity contribution in [3.63, 3.8) is 0 Å². The van der Waals surface area contributed by atoms with Crippen molar-refractivity contribution in [1.29, 1.82) is 10.7 Å². The minimum absolute atomic E-state index is 0.0385. The van der Waals surface area contributed by atoms with Crippen molar-refractivity contribution in [2.75, 3.05) is 4.90 Å². The average Bonchev–Trinajstić information content (AvgIpc) is 3.18. The van der Waals surface area contributed by atoms with Gasteiger partial charge >= 0.3 is 0 Å². The Morgan fingerprint density at radius 1 is 1.25 bits per heavy atom. The number of fused-ring (bicyclic) bond motifs is 1. The van der Waals surface area contributed by atoms with Gasteiger partial charge in [-0.1, -0.05) is 12.1 Å². The molecule has 0 unspecified atom stereocenters. The van der Waals surface area contributed by atoms with Gasteiger partial charge < -0.3 is 11.1 Å². The molecule has 2 amide bonds. The molecule has 0 fully saturated rings. The Morgan fingerprint density at radius 3 is 2.64 bits per heavy atom. The lowest BCUT2D eigenvalue weighted by Crippen LogP contribution is -2.26. The summed E-state index contributed by atoms with van der Waals surface area (Å²) in [6.07, 6.45) is 0. The van der Waals surface area contributed by atoms with Gasteiger partial charge in [-0.15, -0.1) is 0 Å². The molecule has 0 bridgehead atoms. The number of pyridine rings is 1. The van der Waals surface area contributed by atoms with Crippen molar-refractivity contribution in [2.45, 2.75) is 32.9 Å². The summed E-state index contributed by atoms with van der Waals surface area (Å²) in [4.78, 5) is 30.6. The molecule has 4 N–H and O–H groups in total. The van der Waals surface area contributed by atoms with Crippen LogP contribution in [-0.2, 0) is 23.8 Å². The summed E-state index contributed by atoms with van der Waals surface area (Å²) >= 11 is 0. The van der Waals surface area contributed by atoms with E-state index in [1.807, 2.05) is 6.07 Å². The lowest BCUT2D eigenvalue weighted by Gasteiger charge is -2.19. The van der Waals surface area contributed by atoms with Crippen LogP contribution < -0.4 is 16.0 Å². The van der Waals surface area contributed by atoms with Crippen LogP contribution in [0.4, 0.5) is 14.6 Å². The van der Waals surface area contributed by atoms with Crippen LogP contribution in [0.1, 0.15) is 52.2 Å². The summed E-state index contributed by atoms with van der Waals surface area (Å²) < 4.78 is 28.5. The fourth-order valence-corrected chi connectivity index (χ4v) is 4.19. The van der Waals surface area contributed by atoms with Gasteiger partial charge in [-0.25, -0.2) is 13.8 Å². The number of nitrogens with zero attached hydrogens (tertiary/aromatic N) is 3. The molecule has 0 saturated heterocycles. The first-order valence-corrected chi connectivity index (χ1v) is 11.0. The van der Waals surface area contributed by atoms with Crippen LogP contribution in [0.25, 0.3) is 11.1 Å². The Balaban J connectivity index is 1.87. The number of rotatable bonds is 6. The van der Waals surface area contributed by atoms with Crippen LogP contribution in [0.15, 0.2) is 48.5 Å². The molecule has 10 heteroatoms. The van der Waals surface area contributed by atoms with Gasteiger partial charge in [0.15, 0.2) is 0 Å². The Hall–Kier alpha value is -4.65. The van der Waals surface area contributed by atoms with Crippen LogP contribution in [0.5, 0.6) is 0 Å². The number of hydrogen-bond acceptors (Lipinski definition) is 5. The first-order valence-electron chi connectivity index (χ1n) is 11.0. The second-order valence-corrected chi connectivity index (χ2v) is 8.51. The molecule has 182 valence electrons. The van der Waals surface area contributed by atoms with Crippen molar-refractivity contribution < 1.29 is 18.4 Å². The zero-order chi connectivity index (χ0) is 26.2. The van der Waals surface area contributed by atoms with E-state index in [9.17, 15) is 23.6 Å². The lowest BCUT2D eigenvalue weighted by atomic mass is 9.96. The van der Waals surface area contributed by atoms with Crippen LogP contribution >= 0.6 is 0 Å². The standard InChI is InChI=1S/C26H22F2N6O2/c1-14(35)32-12-17-9-16(20-8-15(11-29)6-7-18(20)24(30)31)10-23(33-17)34-13-21-19(25(34)36)4-3-5-22(21)26(2,27)28/h3-10H,12-13H2,1-2H3,(H3,30,31)(H,32,35). The fraction of sp³-hybridized carbons (Fsp3) is 0.192. The molecular weight excluding hydrogens is 466 g/mol. The number of aromatic nitrogens is 1. The highest BCUT2D eigenvalue weighted by molar-refractivity contribution is 6.10. The Kier molecular flexibility index (Phi) is 6.24. The first-order chi connectivity index (χ1) is 17.0. The largest absolute Gasteiger partial charge is 0.384 e. The highest BCUT2D eigenvalue weighted by atomic mass is 19.3. The number of amides is 2. The maximum absolute atomic E-state index is 14.2. The van der Waals surface area contributed by atoms with Crippen molar-refractivity contribution in [3.05, 3.63) is 82.0 Å². The SMILES string of the molecule is CC(=O)NCc1cc(-c2cc(C#N)ccc2C(=N)N)cc(N2Cc3c(cccc3C(C)(F)F)C2=O)n1. The van der Waals surface area contributed by atoms with Gasteiger partial charge in [0.25, 0.3) is 11.8 Å². The predicted octanol–water partition coefficient (Wildman–Crippen LogP) is 3.81. The molecule has 36 heavy (non-hydrogen) atoms. The van der Waals surface area contributed by atoms with Gasteiger partial charge in [0.1, 0.15) is 11.7 Å². The summed E-state index contributed by atoms with van der Waals surface area (Å²) in [6.45, 7) is 2.06. The zero-order valence-electron chi connectivity index (χ0n) is 19.5. The Bertz CT molecular complexity index is 1460. The van der Waals surface area contributed by atoms with Crippen LogP contribution in [-0.4, -0.2) is 22.6 Å². The number of nitrogens with two attached hydrogens (primary N) is 1. The summed E-state index contributed by atoms with van der Waals surface area (Å²) in [6, 6.07) is 14.2. The minimum Gasteiger partial charge on any atom is -0.384 e.